The Morgan fingerprint density at radius 1 is 0.209 bits per heavy atom. The highest BCUT2D eigenvalue weighted by Gasteiger charge is 2.20. The largest absolute Gasteiger partial charge is 0.316 e. The van der Waals surface area contributed by atoms with Crippen molar-refractivity contribution in [2.75, 3.05) is 0 Å². The van der Waals surface area contributed by atoms with Crippen LogP contribution in [0.2, 0.25) is 0 Å². The molecule has 0 bridgehead atoms. The van der Waals surface area contributed by atoms with Crippen molar-refractivity contribution >= 4 is 54.0 Å². The fourth-order valence-corrected chi connectivity index (χ4v) is 10.7. The van der Waals surface area contributed by atoms with Crippen molar-refractivity contribution < 1.29 is 0 Å². The van der Waals surface area contributed by atoms with Crippen LogP contribution in [0, 0.1) is 0 Å². The van der Waals surface area contributed by atoms with Crippen LogP contribution in [0.25, 0.3) is 126 Å². The molecule has 0 aliphatic rings. The van der Waals surface area contributed by atoms with Gasteiger partial charge >= 0.3 is 0 Å². The predicted octanol–water partition coefficient (Wildman–Crippen LogP) is 18.2. The lowest BCUT2D eigenvalue weighted by atomic mass is 9.89. The van der Waals surface area contributed by atoms with Crippen molar-refractivity contribution in [3.05, 3.63) is 261 Å². The predicted molar refractivity (Wildman–Crippen MR) is 286 cm³/mol. The maximum absolute atomic E-state index is 2.44. The van der Waals surface area contributed by atoms with E-state index in [4.69, 9.17) is 0 Å². The Hall–Kier alpha value is -8.78. The van der Waals surface area contributed by atoms with Gasteiger partial charge in [-0.1, -0.05) is 212 Å². The van der Waals surface area contributed by atoms with E-state index in [2.05, 4.69) is 266 Å². The van der Waals surface area contributed by atoms with Gasteiger partial charge in [0.1, 0.15) is 0 Å². The molecule has 67 heavy (non-hydrogen) atoms. The Balaban J connectivity index is 1.12. The second-order valence-electron chi connectivity index (χ2n) is 17.6. The summed E-state index contributed by atoms with van der Waals surface area (Å²) in [5.74, 6) is 0. The molecule has 13 rings (SSSR count). The minimum absolute atomic E-state index is 1.10. The van der Waals surface area contributed by atoms with Gasteiger partial charge in [0, 0.05) is 22.8 Å². The lowest BCUT2D eigenvalue weighted by molar-refractivity contribution is 1.13. The molecule has 1 heterocycles. The van der Waals surface area contributed by atoms with E-state index in [-0.39, 0.29) is 0 Å². The van der Waals surface area contributed by atoms with Crippen molar-refractivity contribution in [2.45, 2.75) is 0 Å². The van der Waals surface area contributed by atoms with Crippen molar-refractivity contribution in [1.82, 2.24) is 4.57 Å². The molecule has 0 atom stereocenters. The summed E-state index contributed by atoms with van der Waals surface area (Å²) < 4.78 is 2.44. The minimum atomic E-state index is 1.10. The third-order valence-electron chi connectivity index (χ3n) is 13.8. The number of rotatable bonds is 7. The number of hydrogen-bond acceptors (Lipinski definition) is 0. The van der Waals surface area contributed by atoms with Crippen molar-refractivity contribution in [3.8, 4) is 72.4 Å². The van der Waals surface area contributed by atoms with Gasteiger partial charge in [-0.3, -0.25) is 0 Å². The first-order chi connectivity index (χ1) is 33.2. The van der Waals surface area contributed by atoms with Gasteiger partial charge in [0.05, 0.1) is 5.52 Å². The normalized spacial score (nSPS) is 11.6. The van der Waals surface area contributed by atoms with Crippen LogP contribution >= 0.6 is 0 Å². The van der Waals surface area contributed by atoms with Crippen molar-refractivity contribution in [3.63, 3.8) is 0 Å². The number of hydrogen-bond donors (Lipinski definition) is 0. The van der Waals surface area contributed by atoms with Crippen LogP contribution in [-0.4, -0.2) is 4.57 Å². The van der Waals surface area contributed by atoms with Crippen molar-refractivity contribution in [2.24, 2.45) is 0 Å². The molecule has 0 aliphatic carbocycles. The molecule has 12 aromatic carbocycles. The first-order valence-corrected chi connectivity index (χ1v) is 23.2. The second kappa shape index (κ2) is 16.0. The van der Waals surface area contributed by atoms with Crippen molar-refractivity contribution in [1.29, 1.82) is 0 Å². The molecule has 0 aliphatic heterocycles. The minimum Gasteiger partial charge on any atom is -0.316 e. The maximum atomic E-state index is 2.44. The van der Waals surface area contributed by atoms with Crippen LogP contribution in [-0.2, 0) is 0 Å². The standard InChI is InChI=1S/C66H43N/c1-3-19-44(20-4-1)52-25-11-12-27-54(52)48-35-36-66-64(42-48)65(59-32-14-13-26-53(59)45-21-5-2-6-22-45)43-67(66)51-38-49(62-40-46-23-7-9-28-55(46)57-30-15-17-33-60(57)62)37-50(39-51)63-41-47-24-8-10-29-56(47)58-31-16-18-34-61(58)63/h1-43H. The van der Waals surface area contributed by atoms with Gasteiger partial charge in [0.2, 0.25) is 0 Å². The fraction of sp³-hybridized carbons (Fsp3) is 0. The van der Waals surface area contributed by atoms with E-state index in [1.165, 1.54) is 115 Å². The molecule has 1 heteroatoms. The summed E-state index contributed by atoms with van der Waals surface area (Å²) in [5, 5.41) is 11.2. The van der Waals surface area contributed by atoms with Gasteiger partial charge in [-0.05, 0) is 147 Å². The number of aromatic nitrogens is 1. The smallest absolute Gasteiger partial charge is 0.0535 e. The molecular weight excluding hydrogens is 807 g/mol. The molecule has 312 valence electrons. The van der Waals surface area contributed by atoms with E-state index in [9.17, 15) is 0 Å². The molecule has 0 saturated heterocycles. The highest BCUT2D eigenvalue weighted by molar-refractivity contribution is 6.16. The molecule has 0 N–H and O–H groups in total. The van der Waals surface area contributed by atoms with Gasteiger partial charge in [0.15, 0.2) is 0 Å². The Labute approximate surface area is 390 Å². The molecule has 0 fully saturated rings. The molecule has 0 radical (unpaired) electrons. The number of benzene rings is 12. The zero-order valence-corrected chi connectivity index (χ0v) is 36.8. The third kappa shape index (κ3) is 6.63. The summed E-state index contributed by atoms with van der Waals surface area (Å²) in [6.45, 7) is 0. The molecule has 0 amide bonds. The summed E-state index contributed by atoms with van der Waals surface area (Å²) in [6, 6.07) is 93.7. The molecule has 13 aromatic rings. The molecule has 1 aromatic heterocycles. The summed E-state index contributed by atoms with van der Waals surface area (Å²) in [6.07, 6.45) is 2.39. The highest BCUT2D eigenvalue weighted by Crippen LogP contribution is 2.45. The first-order valence-electron chi connectivity index (χ1n) is 23.2. The van der Waals surface area contributed by atoms with E-state index in [0.29, 0.717) is 0 Å². The average Bonchev–Trinajstić information content (AvgIpc) is 3.79. The van der Waals surface area contributed by atoms with Crippen LogP contribution in [0.4, 0.5) is 0 Å². The lowest BCUT2D eigenvalue weighted by Crippen LogP contribution is -1.96. The molecule has 0 spiro atoms. The van der Waals surface area contributed by atoms with Crippen LogP contribution in [0.15, 0.2) is 261 Å². The average molecular weight is 850 g/mol. The number of fused-ring (bicyclic) bond motifs is 7. The fourth-order valence-electron chi connectivity index (χ4n) is 10.7. The summed E-state index contributed by atoms with van der Waals surface area (Å²) >= 11 is 0. The maximum Gasteiger partial charge on any atom is 0.0535 e. The lowest BCUT2D eigenvalue weighted by Gasteiger charge is -2.17. The second-order valence-corrected chi connectivity index (χ2v) is 17.6. The summed E-state index contributed by atoms with van der Waals surface area (Å²) in [5.41, 5.74) is 16.6. The molecular formula is C66H43N. The first kappa shape index (κ1) is 38.7. The Bertz CT molecular complexity index is 3890. The van der Waals surface area contributed by atoms with Crippen LogP contribution in [0.5, 0.6) is 0 Å². The molecule has 1 nitrogen and oxygen atoms in total. The van der Waals surface area contributed by atoms with Crippen LogP contribution in [0.3, 0.4) is 0 Å². The molecule has 0 saturated carbocycles. The van der Waals surface area contributed by atoms with Crippen LogP contribution < -0.4 is 0 Å². The quantitative estimate of drug-likeness (QED) is 0.141. The van der Waals surface area contributed by atoms with E-state index in [1.54, 1.807) is 0 Å². The topological polar surface area (TPSA) is 4.93 Å². The van der Waals surface area contributed by atoms with E-state index in [0.717, 1.165) is 11.2 Å². The zero-order valence-electron chi connectivity index (χ0n) is 36.8. The Morgan fingerprint density at radius 2 is 0.627 bits per heavy atom. The SMILES string of the molecule is c1ccc(-c2ccccc2-c2ccc3c(c2)c(-c2ccccc2-c2ccccc2)cn3-c2cc(-c3cc4ccccc4c4ccccc34)cc(-c3cc4ccccc4c4ccccc34)c2)cc1. The van der Waals surface area contributed by atoms with Gasteiger partial charge in [0.25, 0.3) is 0 Å². The van der Waals surface area contributed by atoms with Gasteiger partial charge in [-0.15, -0.1) is 0 Å². The summed E-state index contributed by atoms with van der Waals surface area (Å²) in [7, 11) is 0. The monoisotopic (exact) mass is 849 g/mol. The molecule has 0 unspecified atom stereocenters. The highest BCUT2D eigenvalue weighted by atomic mass is 15.0. The van der Waals surface area contributed by atoms with Gasteiger partial charge in [-0.2, -0.15) is 0 Å². The van der Waals surface area contributed by atoms with E-state index < -0.39 is 0 Å². The Morgan fingerprint density at radius 3 is 1.16 bits per heavy atom. The number of nitrogens with zero attached hydrogens (tertiary/aromatic N) is 1. The van der Waals surface area contributed by atoms with Crippen LogP contribution in [0.1, 0.15) is 0 Å². The van der Waals surface area contributed by atoms with Gasteiger partial charge in [-0.25, -0.2) is 0 Å². The Kier molecular flexibility index (Phi) is 9.25. The third-order valence-corrected chi connectivity index (χ3v) is 13.8. The van der Waals surface area contributed by atoms with Gasteiger partial charge < -0.3 is 4.57 Å². The zero-order chi connectivity index (χ0) is 44.3. The van der Waals surface area contributed by atoms with E-state index in [1.807, 2.05) is 0 Å². The van der Waals surface area contributed by atoms with E-state index >= 15 is 0 Å². The summed E-state index contributed by atoms with van der Waals surface area (Å²) in [4.78, 5) is 0.